The molecule has 7 heteroatoms. The Balaban J connectivity index is 1.85. The second kappa shape index (κ2) is 6.12. The Kier molecular flexibility index (Phi) is 4.49. The van der Waals surface area contributed by atoms with E-state index in [-0.39, 0.29) is 0 Å². The number of aromatic nitrogens is 3. The van der Waals surface area contributed by atoms with E-state index in [1.807, 2.05) is 16.5 Å². The topological polar surface area (TPSA) is 74.5 Å². The molecule has 0 bridgehead atoms. The molecule has 1 aliphatic heterocycles. The zero-order valence-corrected chi connectivity index (χ0v) is 11.5. The molecule has 1 fully saturated rings. The molecular weight excluding hydrogens is 246 g/mol. The molecule has 1 aliphatic rings. The van der Waals surface area contributed by atoms with Crippen molar-refractivity contribution in [2.45, 2.75) is 33.0 Å². The zero-order chi connectivity index (χ0) is 13.8. The van der Waals surface area contributed by atoms with Crippen LogP contribution in [0, 0.1) is 0 Å². The number of carboxylic acid groups (broad SMARTS) is 1. The van der Waals surface area contributed by atoms with Gasteiger partial charge in [0.15, 0.2) is 0 Å². The lowest BCUT2D eigenvalue weighted by molar-refractivity contribution is -0.143. The average molecular weight is 267 g/mol. The van der Waals surface area contributed by atoms with Gasteiger partial charge in [-0.25, -0.2) is 9.67 Å². The van der Waals surface area contributed by atoms with E-state index in [9.17, 15) is 4.79 Å². The maximum atomic E-state index is 10.9. The summed E-state index contributed by atoms with van der Waals surface area (Å²) in [6.07, 6.45) is 1.58. The standard InChI is InChI=1S/C12H21N5O2/c1-3-17-11(13-9-14-17)8-15-4-6-16(7-5-15)10(2)12(18)19/h9-10H,3-8H2,1-2H3,(H,18,19). The SMILES string of the molecule is CCn1ncnc1CN1CCN(C(C)C(=O)O)CC1. The highest BCUT2D eigenvalue weighted by Crippen LogP contribution is 2.09. The summed E-state index contributed by atoms with van der Waals surface area (Å²) in [7, 11) is 0. The van der Waals surface area contributed by atoms with Gasteiger partial charge in [0.1, 0.15) is 18.2 Å². The van der Waals surface area contributed by atoms with Crippen LogP contribution >= 0.6 is 0 Å². The van der Waals surface area contributed by atoms with E-state index in [2.05, 4.69) is 15.0 Å². The summed E-state index contributed by atoms with van der Waals surface area (Å²) in [6, 6.07) is -0.401. The Morgan fingerprint density at radius 3 is 2.68 bits per heavy atom. The molecule has 0 amide bonds. The monoisotopic (exact) mass is 267 g/mol. The van der Waals surface area contributed by atoms with E-state index in [0.29, 0.717) is 0 Å². The highest BCUT2D eigenvalue weighted by atomic mass is 16.4. The van der Waals surface area contributed by atoms with Crippen molar-refractivity contribution in [2.75, 3.05) is 26.2 Å². The minimum Gasteiger partial charge on any atom is -0.480 e. The summed E-state index contributed by atoms with van der Waals surface area (Å²) >= 11 is 0. The Morgan fingerprint density at radius 1 is 1.42 bits per heavy atom. The van der Waals surface area contributed by atoms with Crippen molar-refractivity contribution in [1.82, 2.24) is 24.6 Å². The van der Waals surface area contributed by atoms with Gasteiger partial charge in [-0.05, 0) is 13.8 Å². The van der Waals surface area contributed by atoms with Crippen LogP contribution in [0.4, 0.5) is 0 Å². The molecule has 0 spiro atoms. The number of rotatable bonds is 5. The normalized spacial score (nSPS) is 19.5. The molecule has 7 nitrogen and oxygen atoms in total. The molecule has 1 aromatic rings. The van der Waals surface area contributed by atoms with Gasteiger partial charge in [0.05, 0.1) is 6.54 Å². The third kappa shape index (κ3) is 3.30. The van der Waals surface area contributed by atoms with Crippen LogP contribution in [0.1, 0.15) is 19.7 Å². The molecule has 19 heavy (non-hydrogen) atoms. The predicted molar refractivity (Wildman–Crippen MR) is 69.6 cm³/mol. The van der Waals surface area contributed by atoms with Crippen LogP contribution in [-0.4, -0.2) is 67.9 Å². The van der Waals surface area contributed by atoms with Gasteiger partial charge in [0.2, 0.25) is 0 Å². The lowest BCUT2D eigenvalue weighted by Gasteiger charge is -2.36. The summed E-state index contributed by atoms with van der Waals surface area (Å²) in [5, 5.41) is 13.2. The number of hydrogen-bond donors (Lipinski definition) is 1. The number of carboxylic acids is 1. The maximum Gasteiger partial charge on any atom is 0.320 e. The second-order valence-corrected chi connectivity index (χ2v) is 4.82. The second-order valence-electron chi connectivity index (χ2n) is 4.82. The number of carbonyl (C=O) groups is 1. The van der Waals surface area contributed by atoms with Crippen LogP contribution in [0.25, 0.3) is 0 Å². The molecule has 1 N–H and O–H groups in total. The number of aliphatic carboxylic acids is 1. The summed E-state index contributed by atoms with van der Waals surface area (Å²) < 4.78 is 1.90. The van der Waals surface area contributed by atoms with Crippen LogP contribution < -0.4 is 0 Å². The minimum absolute atomic E-state index is 0.401. The third-order valence-electron chi connectivity index (χ3n) is 3.67. The van der Waals surface area contributed by atoms with E-state index in [4.69, 9.17) is 5.11 Å². The molecule has 1 saturated heterocycles. The minimum atomic E-state index is -0.751. The molecule has 0 aromatic carbocycles. The van der Waals surface area contributed by atoms with Gasteiger partial charge < -0.3 is 5.11 Å². The lowest BCUT2D eigenvalue weighted by Crippen LogP contribution is -2.51. The molecule has 1 aromatic heterocycles. The molecule has 2 rings (SSSR count). The first-order valence-electron chi connectivity index (χ1n) is 6.67. The van der Waals surface area contributed by atoms with Gasteiger partial charge in [-0.1, -0.05) is 0 Å². The molecule has 106 valence electrons. The summed E-state index contributed by atoms with van der Waals surface area (Å²) in [6.45, 7) is 8.70. The van der Waals surface area contributed by atoms with Gasteiger partial charge in [-0.3, -0.25) is 14.6 Å². The van der Waals surface area contributed by atoms with E-state index < -0.39 is 12.0 Å². The van der Waals surface area contributed by atoms with Crippen LogP contribution in [-0.2, 0) is 17.9 Å². The Labute approximate surface area is 112 Å². The molecule has 2 heterocycles. The third-order valence-corrected chi connectivity index (χ3v) is 3.67. The van der Waals surface area contributed by atoms with E-state index in [1.54, 1.807) is 13.3 Å². The lowest BCUT2D eigenvalue weighted by atomic mass is 10.2. The first kappa shape index (κ1) is 14.0. The highest BCUT2D eigenvalue weighted by molar-refractivity contribution is 5.72. The van der Waals surface area contributed by atoms with Crippen molar-refractivity contribution >= 4 is 5.97 Å². The molecule has 1 atom stereocenters. The van der Waals surface area contributed by atoms with Crippen LogP contribution in [0.15, 0.2) is 6.33 Å². The highest BCUT2D eigenvalue weighted by Gasteiger charge is 2.25. The van der Waals surface area contributed by atoms with Crippen molar-refractivity contribution in [3.8, 4) is 0 Å². The molecule has 0 aliphatic carbocycles. The van der Waals surface area contributed by atoms with Crippen LogP contribution in [0.2, 0.25) is 0 Å². The Bertz CT molecular complexity index is 426. The van der Waals surface area contributed by atoms with E-state index in [1.165, 1.54) is 0 Å². The summed E-state index contributed by atoms with van der Waals surface area (Å²) in [4.78, 5) is 19.5. The summed E-state index contributed by atoms with van der Waals surface area (Å²) in [5.41, 5.74) is 0. The Morgan fingerprint density at radius 2 is 2.11 bits per heavy atom. The summed E-state index contributed by atoms with van der Waals surface area (Å²) in [5.74, 6) is 0.224. The van der Waals surface area contributed by atoms with Crippen molar-refractivity contribution in [2.24, 2.45) is 0 Å². The van der Waals surface area contributed by atoms with Gasteiger partial charge in [0.25, 0.3) is 0 Å². The average Bonchev–Trinajstić information content (AvgIpc) is 2.86. The van der Waals surface area contributed by atoms with Gasteiger partial charge in [-0.15, -0.1) is 0 Å². The first-order chi connectivity index (χ1) is 9.11. The van der Waals surface area contributed by atoms with Crippen LogP contribution in [0.5, 0.6) is 0 Å². The predicted octanol–water partition coefficient (Wildman–Crippen LogP) is -0.111. The van der Waals surface area contributed by atoms with Gasteiger partial charge >= 0.3 is 5.97 Å². The molecule has 1 unspecified atom stereocenters. The van der Waals surface area contributed by atoms with E-state index >= 15 is 0 Å². The Hall–Kier alpha value is -1.47. The number of aryl methyl sites for hydroxylation is 1. The molecule has 0 radical (unpaired) electrons. The van der Waals surface area contributed by atoms with Crippen molar-refractivity contribution in [3.63, 3.8) is 0 Å². The number of nitrogens with zero attached hydrogens (tertiary/aromatic N) is 5. The zero-order valence-electron chi connectivity index (χ0n) is 11.5. The largest absolute Gasteiger partial charge is 0.480 e. The molecule has 0 saturated carbocycles. The van der Waals surface area contributed by atoms with Gasteiger partial charge in [0, 0.05) is 32.7 Å². The fraction of sp³-hybridized carbons (Fsp3) is 0.750. The van der Waals surface area contributed by atoms with Gasteiger partial charge in [-0.2, -0.15) is 5.10 Å². The fourth-order valence-corrected chi connectivity index (χ4v) is 2.34. The van der Waals surface area contributed by atoms with Crippen LogP contribution in [0.3, 0.4) is 0 Å². The smallest absolute Gasteiger partial charge is 0.320 e. The van der Waals surface area contributed by atoms with E-state index in [0.717, 1.165) is 45.1 Å². The van der Waals surface area contributed by atoms with Crippen molar-refractivity contribution in [3.05, 3.63) is 12.2 Å². The number of hydrogen-bond acceptors (Lipinski definition) is 5. The maximum absolute atomic E-state index is 10.9. The van der Waals surface area contributed by atoms with Crippen molar-refractivity contribution < 1.29 is 9.90 Å². The van der Waals surface area contributed by atoms with Crippen molar-refractivity contribution in [1.29, 1.82) is 0 Å². The quantitative estimate of drug-likeness (QED) is 0.802. The fourth-order valence-electron chi connectivity index (χ4n) is 2.34. The first-order valence-corrected chi connectivity index (χ1v) is 6.67. The molecular formula is C12H21N5O2. The number of piperazine rings is 1.